The van der Waals surface area contributed by atoms with Crippen LogP contribution in [0.1, 0.15) is 46.0 Å². The molecule has 1 rings (SSSR count). The molecule has 0 bridgehead atoms. The molecule has 0 aromatic heterocycles. The highest BCUT2D eigenvalue weighted by atomic mass is 16.5. The number of rotatable bonds is 7. The number of carbonyl (C=O) groups excluding carboxylic acids is 2. The Kier molecular flexibility index (Phi) is 7.59. The van der Waals surface area contributed by atoms with Gasteiger partial charge in [0.05, 0.1) is 13.2 Å². The van der Waals surface area contributed by atoms with Crippen molar-refractivity contribution in [3.63, 3.8) is 0 Å². The molecule has 1 N–H and O–H groups in total. The minimum absolute atomic E-state index is 0.0435. The summed E-state index contributed by atoms with van der Waals surface area (Å²) in [5.41, 5.74) is 0. The van der Waals surface area contributed by atoms with Gasteiger partial charge in [-0.1, -0.05) is 33.1 Å². The number of ether oxygens (including phenoxy) is 1. The van der Waals surface area contributed by atoms with E-state index in [-0.39, 0.29) is 24.5 Å². The first kappa shape index (κ1) is 17.0. The number of methoxy groups -OCH3 is 1. The third-order valence-electron chi connectivity index (χ3n) is 4.10. The molecule has 5 heteroatoms. The van der Waals surface area contributed by atoms with Crippen molar-refractivity contribution < 1.29 is 14.3 Å². The maximum atomic E-state index is 12.6. The van der Waals surface area contributed by atoms with Gasteiger partial charge in [0, 0.05) is 6.54 Å². The highest BCUT2D eigenvalue weighted by Gasteiger charge is 2.28. The van der Waals surface area contributed by atoms with Gasteiger partial charge < -0.3 is 15.0 Å². The van der Waals surface area contributed by atoms with Crippen LogP contribution in [0.4, 0.5) is 0 Å². The molecule has 0 aromatic rings. The summed E-state index contributed by atoms with van der Waals surface area (Å²) in [6, 6.07) is -0.136. The van der Waals surface area contributed by atoms with Crippen LogP contribution < -0.4 is 5.32 Å². The Morgan fingerprint density at radius 1 is 1.30 bits per heavy atom. The Hall–Kier alpha value is -1.10. The molecule has 1 heterocycles. The van der Waals surface area contributed by atoms with Crippen molar-refractivity contribution in [3.05, 3.63) is 0 Å². The number of nitrogens with one attached hydrogen (secondary N) is 1. The summed E-state index contributed by atoms with van der Waals surface area (Å²) in [7, 11) is 1.36. The van der Waals surface area contributed by atoms with Crippen LogP contribution in [0.2, 0.25) is 0 Å². The lowest BCUT2D eigenvalue weighted by molar-refractivity contribution is -0.148. The van der Waals surface area contributed by atoms with E-state index in [1.54, 1.807) is 4.90 Å². The van der Waals surface area contributed by atoms with Gasteiger partial charge in [-0.25, -0.2) is 0 Å². The molecule has 0 spiro atoms. The summed E-state index contributed by atoms with van der Waals surface area (Å²) >= 11 is 0. The Balaban J connectivity index is 2.68. The Bertz CT molecular complexity index is 310. The van der Waals surface area contributed by atoms with Gasteiger partial charge in [-0.05, 0) is 25.3 Å². The Labute approximate surface area is 122 Å². The summed E-state index contributed by atoms with van der Waals surface area (Å²) in [5.74, 6) is 0.134. The van der Waals surface area contributed by atoms with Crippen molar-refractivity contribution >= 4 is 11.9 Å². The van der Waals surface area contributed by atoms with E-state index in [9.17, 15) is 9.59 Å². The van der Waals surface area contributed by atoms with Gasteiger partial charge in [-0.15, -0.1) is 0 Å². The van der Waals surface area contributed by atoms with Crippen LogP contribution in [0.15, 0.2) is 0 Å². The molecule has 1 atom stereocenters. The largest absolute Gasteiger partial charge is 0.468 e. The fraction of sp³-hybridized carbons (Fsp3) is 0.867. The first-order chi connectivity index (χ1) is 9.62. The molecule has 0 saturated carbocycles. The Morgan fingerprint density at radius 3 is 2.50 bits per heavy atom. The van der Waals surface area contributed by atoms with E-state index in [1.165, 1.54) is 7.11 Å². The van der Waals surface area contributed by atoms with Gasteiger partial charge in [-0.2, -0.15) is 0 Å². The van der Waals surface area contributed by atoms with E-state index in [0.29, 0.717) is 12.5 Å². The Morgan fingerprint density at radius 2 is 2.00 bits per heavy atom. The first-order valence-corrected chi connectivity index (χ1v) is 7.71. The topological polar surface area (TPSA) is 58.6 Å². The minimum Gasteiger partial charge on any atom is -0.468 e. The second-order valence-corrected chi connectivity index (χ2v) is 5.48. The molecule has 1 aliphatic heterocycles. The van der Waals surface area contributed by atoms with Crippen molar-refractivity contribution in [2.45, 2.75) is 52.0 Å². The van der Waals surface area contributed by atoms with Crippen molar-refractivity contribution in [3.8, 4) is 0 Å². The third-order valence-corrected chi connectivity index (χ3v) is 4.10. The molecule has 1 aliphatic rings. The molecule has 116 valence electrons. The van der Waals surface area contributed by atoms with Gasteiger partial charge in [0.15, 0.2) is 0 Å². The SMILES string of the molecule is CCC(CC)CN(CC(=O)OC)C(=O)C1CCCCN1. The maximum Gasteiger partial charge on any atom is 0.325 e. The predicted octanol–water partition coefficient (Wildman–Crippen LogP) is 1.57. The smallest absolute Gasteiger partial charge is 0.325 e. The summed E-state index contributed by atoms with van der Waals surface area (Å²) in [6.45, 7) is 5.82. The van der Waals surface area contributed by atoms with Crippen LogP contribution in [0, 0.1) is 5.92 Å². The van der Waals surface area contributed by atoms with E-state index in [1.807, 2.05) is 0 Å². The van der Waals surface area contributed by atoms with E-state index in [2.05, 4.69) is 19.2 Å². The van der Waals surface area contributed by atoms with Crippen LogP contribution in [0.5, 0.6) is 0 Å². The van der Waals surface area contributed by atoms with Crippen molar-refractivity contribution in [1.29, 1.82) is 0 Å². The van der Waals surface area contributed by atoms with Crippen molar-refractivity contribution in [1.82, 2.24) is 10.2 Å². The molecular formula is C15H28N2O3. The van der Waals surface area contributed by atoms with Crippen LogP contribution in [-0.2, 0) is 14.3 Å². The van der Waals surface area contributed by atoms with E-state index in [4.69, 9.17) is 4.74 Å². The zero-order chi connectivity index (χ0) is 15.0. The number of amides is 1. The maximum absolute atomic E-state index is 12.6. The average Bonchev–Trinajstić information content (AvgIpc) is 2.51. The van der Waals surface area contributed by atoms with Crippen LogP contribution in [0.3, 0.4) is 0 Å². The molecular weight excluding hydrogens is 256 g/mol. The molecule has 1 fully saturated rings. The van der Waals surface area contributed by atoms with Gasteiger partial charge in [0.2, 0.25) is 5.91 Å². The quantitative estimate of drug-likeness (QED) is 0.721. The summed E-state index contributed by atoms with van der Waals surface area (Å²) < 4.78 is 4.71. The van der Waals surface area contributed by atoms with Crippen molar-refractivity contribution in [2.75, 3.05) is 26.7 Å². The zero-order valence-electron chi connectivity index (χ0n) is 13.0. The molecule has 1 amide bonds. The van der Waals surface area contributed by atoms with E-state index >= 15 is 0 Å². The van der Waals surface area contributed by atoms with E-state index < -0.39 is 0 Å². The number of piperidine rings is 1. The van der Waals surface area contributed by atoms with Gasteiger partial charge >= 0.3 is 5.97 Å². The first-order valence-electron chi connectivity index (χ1n) is 7.71. The summed E-state index contributed by atoms with van der Waals surface area (Å²) in [4.78, 5) is 25.8. The van der Waals surface area contributed by atoms with Gasteiger partial charge in [-0.3, -0.25) is 9.59 Å². The lowest BCUT2D eigenvalue weighted by Gasteiger charge is -2.31. The standard InChI is InChI=1S/C15H28N2O3/c1-4-12(5-2)10-17(11-14(18)20-3)15(19)13-8-6-7-9-16-13/h12-13,16H,4-11H2,1-3H3. The van der Waals surface area contributed by atoms with Gasteiger partial charge in [0.25, 0.3) is 0 Å². The van der Waals surface area contributed by atoms with Crippen LogP contribution in [-0.4, -0.2) is 49.6 Å². The molecule has 5 nitrogen and oxygen atoms in total. The second-order valence-electron chi connectivity index (χ2n) is 5.48. The number of hydrogen-bond donors (Lipinski definition) is 1. The fourth-order valence-corrected chi connectivity index (χ4v) is 2.59. The average molecular weight is 284 g/mol. The highest BCUT2D eigenvalue weighted by molar-refractivity contribution is 5.85. The summed E-state index contributed by atoms with van der Waals surface area (Å²) in [6.07, 6.45) is 5.08. The van der Waals surface area contributed by atoms with Crippen LogP contribution >= 0.6 is 0 Å². The molecule has 0 aromatic carbocycles. The van der Waals surface area contributed by atoms with Crippen LogP contribution in [0.25, 0.3) is 0 Å². The highest BCUT2D eigenvalue weighted by Crippen LogP contribution is 2.14. The molecule has 1 saturated heterocycles. The van der Waals surface area contributed by atoms with Gasteiger partial charge in [0.1, 0.15) is 6.54 Å². The monoisotopic (exact) mass is 284 g/mol. The molecule has 1 unspecified atom stereocenters. The van der Waals surface area contributed by atoms with E-state index in [0.717, 1.165) is 38.6 Å². The van der Waals surface area contributed by atoms with Crippen molar-refractivity contribution in [2.24, 2.45) is 5.92 Å². The minimum atomic E-state index is -0.347. The fourth-order valence-electron chi connectivity index (χ4n) is 2.59. The lowest BCUT2D eigenvalue weighted by Crippen LogP contribution is -2.51. The number of hydrogen-bond acceptors (Lipinski definition) is 4. The predicted molar refractivity (Wildman–Crippen MR) is 78.3 cm³/mol. The number of esters is 1. The molecule has 0 radical (unpaired) electrons. The lowest BCUT2D eigenvalue weighted by atomic mass is 10.0. The molecule has 0 aliphatic carbocycles. The summed E-state index contributed by atoms with van der Waals surface area (Å²) in [5, 5.41) is 3.26. The molecule has 20 heavy (non-hydrogen) atoms. The third kappa shape index (κ3) is 5.12. The zero-order valence-corrected chi connectivity index (χ0v) is 13.0. The number of carbonyl (C=O) groups is 2. The second kappa shape index (κ2) is 8.95. The number of nitrogens with zero attached hydrogens (tertiary/aromatic N) is 1. The normalized spacial score (nSPS) is 18.9.